The van der Waals surface area contributed by atoms with Crippen molar-refractivity contribution in [3.8, 4) is 0 Å². The molecule has 1 amide bonds. The van der Waals surface area contributed by atoms with Crippen molar-refractivity contribution in [2.45, 2.75) is 33.1 Å². The van der Waals surface area contributed by atoms with Crippen molar-refractivity contribution in [1.82, 2.24) is 5.32 Å². The smallest absolute Gasteiger partial charge is 0.224 e. The van der Waals surface area contributed by atoms with Crippen LogP contribution in [0.25, 0.3) is 0 Å². The second-order valence-corrected chi connectivity index (χ2v) is 5.10. The number of carbonyl (C=O) groups is 1. The molecule has 2 nitrogen and oxygen atoms in total. The Bertz CT molecular complexity index is 361. The molecule has 0 aliphatic heterocycles. The molecule has 0 saturated heterocycles. The van der Waals surface area contributed by atoms with Crippen molar-refractivity contribution in [3.05, 3.63) is 35.4 Å². The molecular weight excluding hydrogens is 246 g/mol. The van der Waals surface area contributed by atoms with Gasteiger partial charge in [-0.1, -0.05) is 43.2 Å². The first-order chi connectivity index (χ1) is 8.65. The number of hydrogen-bond donors (Lipinski definition) is 1. The first-order valence-corrected chi connectivity index (χ1v) is 7.07. The Balaban J connectivity index is 2.35. The molecule has 0 heterocycles. The molecule has 0 fully saturated rings. The molecule has 0 aliphatic carbocycles. The first kappa shape index (κ1) is 15.0. The molecule has 0 spiro atoms. The van der Waals surface area contributed by atoms with Gasteiger partial charge in [-0.15, -0.1) is 11.6 Å². The zero-order valence-electron chi connectivity index (χ0n) is 11.2. The number of carbonyl (C=O) groups excluding carboxylic acids is 1. The van der Waals surface area contributed by atoms with Gasteiger partial charge >= 0.3 is 0 Å². The van der Waals surface area contributed by atoms with Crippen LogP contribution in [0, 0.1) is 12.8 Å². The minimum Gasteiger partial charge on any atom is -0.356 e. The highest BCUT2D eigenvalue weighted by atomic mass is 35.5. The lowest BCUT2D eigenvalue weighted by molar-refractivity contribution is -0.120. The summed E-state index contributed by atoms with van der Waals surface area (Å²) in [5.41, 5.74) is 2.27. The summed E-state index contributed by atoms with van der Waals surface area (Å²) in [5.74, 6) is 1.24. The predicted molar refractivity (Wildman–Crippen MR) is 77.0 cm³/mol. The van der Waals surface area contributed by atoms with Gasteiger partial charge in [-0.3, -0.25) is 4.79 Å². The standard InChI is InChI=1S/C15H22ClNO/c1-3-13(8-9-16)11-17-15(18)10-14-6-4-12(2)5-7-14/h4-7,13H,3,8-11H2,1-2H3,(H,17,18). The average Bonchev–Trinajstić information content (AvgIpc) is 2.37. The van der Waals surface area contributed by atoms with Crippen LogP contribution in [0.2, 0.25) is 0 Å². The number of alkyl halides is 1. The third-order valence-corrected chi connectivity index (χ3v) is 3.39. The van der Waals surface area contributed by atoms with Gasteiger partial charge in [-0.2, -0.15) is 0 Å². The molecule has 0 saturated carbocycles. The third kappa shape index (κ3) is 5.54. The fourth-order valence-electron chi connectivity index (χ4n) is 1.82. The van der Waals surface area contributed by atoms with Crippen molar-refractivity contribution in [2.75, 3.05) is 12.4 Å². The highest BCUT2D eigenvalue weighted by Gasteiger charge is 2.08. The maximum absolute atomic E-state index is 11.8. The monoisotopic (exact) mass is 267 g/mol. The maximum Gasteiger partial charge on any atom is 0.224 e. The van der Waals surface area contributed by atoms with E-state index < -0.39 is 0 Å². The molecule has 1 aromatic rings. The van der Waals surface area contributed by atoms with Gasteiger partial charge in [0.05, 0.1) is 6.42 Å². The molecule has 18 heavy (non-hydrogen) atoms. The quantitative estimate of drug-likeness (QED) is 0.755. The van der Waals surface area contributed by atoms with Crippen LogP contribution in [0.5, 0.6) is 0 Å². The van der Waals surface area contributed by atoms with Crippen LogP contribution in [0.1, 0.15) is 30.9 Å². The van der Waals surface area contributed by atoms with Crippen LogP contribution in [-0.2, 0) is 11.2 Å². The number of rotatable bonds is 7. The molecule has 0 aromatic heterocycles. The summed E-state index contributed by atoms with van der Waals surface area (Å²) in [4.78, 5) is 11.8. The molecule has 0 radical (unpaired) electrons. The van der Waals surface area contributed by atoms with Crippen LogP contribution in [-0.4, -0.2) is 18.3 Å². The molecule has 1 unspecified atom stereocenters. The number of benzene rings is 1. The first-order valence-electron chi connectivity index (χ1n) is 6.54. The Morgan fingerprint density at radius 2 is 2.00 bits per heavy atom. The summed E-state index contributed by atoms with van der Waals surface area (Å²) < 4.78 is 0. The fourth-order valence-corrected chi connectivity index (χ4v) is 2.13. The van der Waals surface area contributed by atoms with Gasteiger partial charge in [0, 0.05) is 12.4 Å². The van der Waals surface area contributed by atoms with E-state index in [1.807, 2.05) is 31.2 Å². The van der Waals surface area contributed by atoms with E-state index >= 15 is 0 Å². The number of aryl methyl sites for hydroxylation is 1. The summed E-state index contributed by atoms with van der Waals surface area (Å²) >= 11 is 5.72. The van der Waals surface area contributed by atoms with Crippen molar-refractivity contribution >= 4 is 17.5 Å². The van der Waals surface area contributed by atoms with Crippen LogP contribution in [0.15, 0.2) is 24.3 Å². The molecule has 100 valence electrons. The Hall–Kier alpha value is -1.02. The highest BCUT2D eigenvalue weighted by Crippen LogP contribution is 2.08. The van der Waals surface area contributed by atoms with Gasteiger partial charge in [-0.05, 0) is 24.8 Å². The van der Waals surface area contributed by atoms with Gasteiger partial charge < -0.3 is 5.32 Å². The number of amides is 1. The zero-order valence-corrected chi connectivity index (χ0v) is 12.0. The van der Waals surface area contributed by atoms with Crippen LogP contribution < -0.4 is 5.32 Å². The fraction of sp³-hybridized carbons (Fsp3) is 0.533. The molecule has 1 atom stereocenters. The molecule has 0 aliphatic rings. The van der Waals surface area contributed by atoms with Crippen LogP contribution >= 0.6 is 11.6 Å². The second-order valence-electron chi connectivity index (χ2n) is 4.72. The summed E-state index contributed by atoms with van der Waals surface area (Å²) in [6.45, 7) is 4.90. The minimum absolute atomic E-state index is 0.0897. The topological polar surface area (TPSA) is 29.1 Å². The number of halogens is 1. The number of nitrogens with one attached hydrogen (secondary N) is 1. The average molecular weight is 268 g/mol. The molecule has 3 heteroatoms. The Morgan fingerprint density at radius 3 is 2.56 bits per heavy atom. The highest BCUT2D eigenvalue weighted by molar-refractivity contribution is 6.17. The van der Waals surface area contributed by atoms with E-state index in [1.165, 1.54) is 5.56 Å². The third-order valence-electron chi connectivity index (χ3n) is 3.17. The Morgan fingerprint density at radius 1 is 1.33 bits per heavy atom. The maximum atomic E-state index is 11.8. The van der Waals surface area contributed by atoms with Gasteiger partial charge in [0.25, 0.3) is 0 Å². The van der Waals surface area contributed by atoms with Crippen molar-refractivity contribution in [3.63, 3.8) is 0 Å². The van der Waals surface area contributed by atoms with E-state index in [4.69, 9.17) is 11.6 Å². The molecule has 1 N–H and O–H groups in total. The van der Waals surface area contributed by atoms with Crippen molar-refractivity contribution < 1.29 is 4.79 Å². The normalized spacial score (nSPS) is 12.2. The van der Waals surface area contributed by atoms with E-state index in [0.29, 0.717) is 18.2 Å². The van der Waals surface area contributed by atoms with E-state index in [-0.39, 0.29) is 5.91 Å². The predicted octanol–water partition coefficient (Wildman–Crippen LogP) is 3.31. The molecule has 0 bridgehead atoms. The lowest BCUT2D eigenvalue weighted by atomic mass is 10.0. The Labute approximate surface area is 115 Å². The van der Waals surface area contributed by atoms with E-state index in [9.17, 15) is 4.79 Å². The summed E-state index contributed by atoms with van der Waals surface area (Å²) in [5, 5.41) is 2.98. The number of hydrogen-bond acceptors (Lipinski definition) is 1. The van der Waals surface area contributed by atoms with Crippen LogP contribution in [0.4, 0.5) is 0 Å². The second kappa shape index (κ2) is 8.15. The van der Waals surface area contributed by atoms with E-state index in [0.717, 1.165) is 24.9 Å². The van der Waals surface area contributed by atoms with E-state index in [2.05, 4.69) is 12.2 Å². The van der Waals surface area contributed by atoms with Gasteiger partial charge in [0.15, 0.2) is 0 Å². The molecular formula is C15H22ClNO. The SMILES string of the molecule is CCC(CCCl)CNC(=O)Cc1ccc(C)cc1. The van der Waals surface area contributed by atoms with Gasteiger partial charge in [-0.25, -0.2) is 0 Å². The molecule has 1 rings (SSSR count). The lowest BCUT2D eigenvalue weighted by Crippen LogP contribution is -2.30. The molecule has 1 aromatic carbocycles. The van der Waals surface area contributed by atoms with Crippen LogP contribution in [0.3, 0.4) is 0 Å². The Kier molecular flexibility index (Phi) is 6.81. The summed E-state index contributed by atoms with van der Waals surface area (Å²) in [7, 11) is 0. The van der Waals surface area contributed by atoms with Crippen molar-refractivity contribution in [2.24, 2.45) is 5.92 Å². The van der Waals surface area contributed by atoms with E-state index in [1.54, 1.807) is 0 Å². The largest absolute Gasteiger partial charge is 0.356 e. The summed E-state index contributed by atoms with van der Waals surface area (Å²) in [6.07, 6.45) is 2.47. The van der Waals surface area contributed by atoms with Gasteiger partial charge in [0.2, 0.25) is 5.91 Å². The van der Waals surface area contributed by atoms with Crippen molar-refractivity contribution in [1.29, 1.82) is 0 Å². The van der Waals surface area contributed by atoms with Gasteiger partial charge in [0.1, 0.15) is 0 Å². The zero-order chi connectivity index (χ0) is 13.4. The lowest BCUT2D eigenvalue weighted by Gasteiger charge is -2.14. The summed E-state index contributed by atoms with van der Waals surface area (Å²) in [6, 6.07) is 8.08. The minimum atomic E-state index is 0.0897.